The van der Waals surface area contributed by atoms with E-state index >= 15 is 0 Å². The first kappa shape index (κ1) is 38.7. The Morgan fingerprint density at radius 3 is 2.26 bits per heavy atom. The summed E-state index contributed by atoms with van der Waals surface area (Å²) in [6.45, 7) is 21.1. The van der Waals surface area contributed by atoms with E-state index in [1.165, 1.54) is 12.8 Å². The molecular weight excluding hydrogens is 665 g/mol. The lowest BCUT2D eigenvalue weighted by Gasteiger charge is -2.71. The number of ether oxygens (including phenoxy) is 3. The van der Waals surface area contributed by atoms with Crippen LogP contribution in [0.15, 0.2) is 29.8 Å². The zero-order valence-electron chi connectivity index (χ0n) is 34.3. The number of hydrogen-bond donors (Lipinski definition) is 1. The van der Waals surface area contributed by atoms with Gasteiger partial charge in [-0.2, -0.15) is 0 Å². The van der Waals surface area contributed by atoms with Gasteiger partial charge < -0.3 is 24.2 Å². The molecule has 0 aromatic heterocycles. The third-order valence-electron chi connectivity index (χ3n) is 17.3. The number of carbonyl (C=O) groups is 2. The van der Waals surface area contributed by atoms with Gasteiger partial charge in [-0.05, 0) is 127 Å². The van der Waals surface area contributed by atoms with Gasteiger partial charge in [0, 0.05) is 38.3 Å². The van der Waals surface area contributed by atoms with E-state index in [0.29, 0.717) is 67.0 Å². The first-order valence-electron chi connectivity index (χ1n) is 20.9. The highest BCUT2D eigenvalue weighted by atomic mass is 16.5. The van der Waals surface area contributed by atoms with E-state index in [-0.39, 0.29) is 45.6 Å². The van der Waals surface area contributed by atoms with Crippen LogP contribution in [0, 0.1) is 56.7 Å². The number of nitrogens with zero attached hydrogens (tertiary/aromatic N) is 2. The summed E-state index contributed by atoms with van der Waals surface area (Å²) >= 11 is 0. The molecule has 6 aliphatic rings. The van der Waals surface area contributed by atoms with Crippen molar-refractivity contribution in [2.24, 2.45) is 56.7 Å². The Bertz CT molecular complexity index is 1600. The number of fused-ring (bicyclic) bond motifs is 7. The van der Waals surface area contributed by atoms with E-state index < -0.39 is 5.41 Å². The van der Waals surface area contributed by atoms with Crippen molar-refractivity contribution < 1.29 is 28.9 Å². The van der Waals surface area contributed by atoms with Gasteiger partial charge in [-0.1, -0.05) is 60.1 Å². The minimum Gasteiger partial charge on any atom is -0.493 e. The SMILES string of the molecule is COc1ccc(C(=O)N2CCN(CCOC(=O)[C@]34CC[C@@H](C)[C@H](C)[C@H]3C3=CC[C@@H]5[C@@]6(C)CC[C@H](O)C(C)(C)[C@@H]6CC[C@@]5(C)[C@]3(C)CC4)CC2)cc1OC. The topological polar surface area (TPSA) is 88.5 Å². The number of piperazine rings is 1. The first-order valence-corrected chi connectivity index (χ1v) is 20.9. The van der Waals surface area contributed by atoms with Gasteiger partial charge in [0.1, 0.15) is 6.61 Å². The minimum atomic E-state index is -0.455. The summed E-state index contributed by atoms with van der Waals surface area (Å²) in [6.07, 6.45) is 11.8. The predicted molar refractivity (Wildman–Crippen MR) is 208 cm³/mol. The number of carbonyl (C=O) groups excluding carboxylic acids is 2. The maximum Gasteiger partial charge on any atom is 0.312 e. The lowest BCUT2D eigenvalue weighted by molar-refractivity contribution is -0.207. The van der Waals surface area contributed by atoms with Crippen LogP contribution in [0.1, 0.15) is 117 Å². The lowest BCUT2D eigenvalue weighted by Crippen LogP contribution is -2.65. The molecule has 0 radical (unpaired) electrons. The van der Waals surface area contributed by atoms with Crippen molar-refractivity contribution in [2.75, 3.05) is 53.6 Å². The van der Waals surface area contributed by atoms with Crippen LogP contribution in [0.2, 0.25) is 0 Å². The number of rotatable bonds is 7. The molecule has 1 heterocycles. The predicted octanol–water partition coefficient (Wildman–Crippen LogP) is 8.02. The highest BCUT2D eigenvalue weighted by Gasteiger charge is 2.69. The fraction of sp³-hybridized carbons (Fsp3) is 0.778. The van der Waals surface area contributed by atoms with Crippen molar-refractivity contribution in [2.45, 2.75) is 112 Å². The van der Waals surface area contributed by atoms with E-state index in [0.717, 1.165) is 58.0 Å². The average Bonchev–Trinajstić information content (AvgIpc) is 3.14. The molecule has 1 saturated heterocycles. The van der Waals surface area contributed by atoms with Crippen molar-refractivity contribution in [3.63, 3.8) is 0 Å². The van der Waals surface area contributed by atoms with Gasteiger partial charge in [-0.3, -0.25) is 14.5 Å². The smallest absolute Gasteiger partial charge is 0.312 e. The zero-order valence-corrected chi connectivity index (χ0v) is 34.3. The van der Waals surface area contributed by atoms with Gasteiger partial charge in [0.15, 0.2) is 11.5 Å². The lowest BCUT2D eigenvalue weighted by atomic mass is 9.33. The first-order chi connectivity index (χ1) is 25.1. The summed E-state index contributed by atoms with van der Waals surface area (Å²) in [6, 6.07) is 5.31. The van der Waals surface area contributed by atoms with Gasteiger partial charge in [0.2, 0.25) is 0 Å². The van der Waals surface area contributed by atoms with Crippen molar-refractivity contribution in [3.05, 3.63) is 35.4 Å². The van der Waals surface area contributed by atoms with Crippen LogP contribution in [0.5, 0.6) is 11.5 Å². The Morgan fingerprint density at radius 2 is 1.57 bits per heavy atom. The maximum absolute atomic E-state index is 14.6. The molecule has 1 aliphatic heterocycles. The maximum atomic E-state index is 14.6. The number of hydrogen-bond acceptors (Lipinski definition) is 7. The van der Waals surface area contributed by atoms with E-state index in [1.54, 1.807) is 38.0 Å². The highest BCUT2D eigenvalue weighted by Crippen LogP contribution is 2.75. The Kier molecular flexibility index (Phi) is 10.1. The molecule has 0 bridgehead atoms. The third-order valence-corrected chi connectivity index (χ3v) is 17.3. The number of aliphatic hydroxyl groups excluding tert-OH is 1. The van der Waals surface area contributed by atoms with Crippen LogP contribution in [-0.2, 0) is 9.53 Å². The molecule has 294 valence electrons. The van der Waals surface area contributed by atoms with Crippen molar-refractivity contribution >= 4 is 11.9 Å². The van der Waals surface area contributed by atoms with Crippen LogP contribution >= 0.6 is 0 Å². The second-order valence-corrected chi connectivity index (χ2v) is 19.5. The number of aliphatic hydroxyl groups is 1. The van der Waals surface area contributed by atoms with Gasteiger partial charge in [0.05, 0.1) is 25.7 Å². The summed E-state index contributed by atoms with van der Waals surface area (Å²) in [7, 11) is 3.17. The molecule has 4 saturated carbocycles. The molecule has 1 amide bonds. The monoisotopic (exact) mass is 733 g/mol. The van der Waals surface area contributed by atoms with Crippen molar-refractivity contribution in [1.82, 2.24) is 9.80 Å². The average molecular weight is 733 g/mol. The normalized spacial score (nSPS) is 40.8. The van der Waals surface area contributed by atoms with Gasteiger partial charge >= 0.3 is 5.97 Å². The Morgan fingerprint density at radius 1 is 0.849 bits per heavy atom. The van der Waals surface area contributed by atoms with Gasteiger partial charge in [-0.15, -0.1) is 0 Å². The number of allylic oxidation sites excluding steroid dienone is 2. The molecule has 1 aromatic carbocycles. The fourth-order valence-corrected chi connectivity index (χ4v) is 13.6. The van der Waals surface area contributed by atoms with Crippen LogP contribution in [0.4, 0.5) is 0 Å². The molecule has 0 unspecified atom stereocenters. The number of esters is 1. The number of methoxy groups -OCH3 is 2. The van der Waals surface area contributed by atoms with Gasteiger partial charge in [0.25, 0.3) is 5.91 Å². The molecule has 5 aliphatic carbocycles. The molecule has 10 atom stereocenters. The minimum absolute atomic E-state index is 0.00663. The molecule has 1 N–H and O–H groups in total. The molecular formula is C45H68N2O6. The van der Waals surface area contributed by atoms with Crippen molar-refractivity contribution in [1.29, 1.82) is 0 Å². The second-order valence-electron chi connectivity index (χ2n) is 19.5. The Hall–Kier alpha value is -2.58. The number of benzene rings is 1. The Labute approximate surface area is 319 Å². The molecule has 7 rings (SSSR count). The highest BCUT2D eigenvalue weighted by molar-refractivity contribution is 5.95. The van der Waals surface area contributed by atoms with E-state index in [4.69, 9.17) is 14.2 Å². The fourth-order valence-electron chi connectivity index (χ4n) is 13.6. The molecule has 1 aromatic rings. The second kappa shape index (κ2) is 13.9. The zero-order chi connectivity index (χ0) is 38.1. The standard InChI is InChI=1S/C45H68N2O6/c1-29-14-19-45(40(50)53-27-26-46-22-24-47(25-23-46)39(49)31-10-12-33(51-8)34(28-31)52-9)21-20-43(6)32(38(45)30(29)2)11-13-36-42(5)17-16-37(48)41(3,4)35(42)15-18-44(36,43)7/h10-12,28-30,35-38,48H,13-27H2,1-9H3/t29-,30+,35+,36-,37+,38+,42+,43-,44-,45+/m1/s1. The summed E-state index contributed by atoms with van der Waals surface area (Å²) in [4.78, 5) is 32.1. The molecule has 5 fully saturated rings. The number of amides is 1. The third kappa shape index (κ3) is 5.88. The van der Waals surface area contributed by atoms with Gasteiger partial charge in [-0.25, -0.2) is 0 Å². The van der Waals surface area contributed by atoms with Crippen LogP contribution in [-0.4, -0.2) is 86.4 Å². The molecule has 53 heavy (non-hydrogen) atoms. The largest absolute Gasteiger partial charge is 0.493 e. The quantitative estimate of drug-likeness (QED) is 0.225. The summed E-state index contributed by atoms with van der Waals surface area (Å²) in [5.74, 6) is 3.50. The van der Waals surface area contributed by atoms with Crippen LogP contribution < -0.4 is 9.47 Å². The van der Waals surface area contributed by atoms with E-state index in [2.05, 4.69) is 59.4 Å². The van der Waals surface area contributed by atoms with E-state index in [9.17, 15) is 14.7 Å². The molecule has 8 nitrogen and oxygen atoms in total. The van der Waals surface area contributed by atoms with Crippen LogP contribution in [0.3, 0.4) is 0 Å². The van der Waals surface area contributed by atoms with E-state index in [1.807, 2.05) is 4.90 Å². The summed E-state index contributed by atoms with van der Waals surface area (Å²) in [5.41, 5.74) is 2.08. The molecule has 0 spiro atoms. The summed E-state index contributed by atoms with van der Waals surface area (Å²) < 4.78 is 17.1. The Balaban J connectivity index is 1.03. The van der Waals surface area contributed by atoms with Crippen molar-refractivity contribution in [3.8, 4) is 11.5 Å². The van der Waals surface area contributed by atoms with Crippen LogP contribution in [0.25, 0.3) is 0 Å². The molecule has 8 heteroatoms. The summed E-state index contributed by atoms with van der Waals surface area (Å²) in [5, 5.41) is 11.1.